The van der Waals surface area contributed by atoms with E-state index in [0.29, 0.717) is 25.6 Å². The number of carbonyl (C=O) groups excluding carboxylic acids is 1. The molecule has 0 unspecified atom stereocenters. The molecule has 0 aromatic heterocycles. The maximum absolute atomic E-state index is 13.6. The van der Waals surface area contributed by atoms with E-state index < -0.39 is 5.82 Å². The normalized spacial score (nSPS) is 10.5. The molecule has 1 rings (SSSR count). The smallest absolute Gasteiger partial charge is 0.227 e. The number of carbonyl (C=O) groups is 1. The first-order chi connectivity index (χ1) is 9.10. The molecule has 6 heteroatoms. The molecule has 1 aromatic carbocycles. The number of methoxy groups -OCH3 is 1. The summed E-state index contributed by atoms with van der Waals surface area (Å²) in [4.78, 5) is 13.6. The molecule has 3 nitrogen and oxygen atoms in total. The highest BCUT2D eigenvalue weighted by atomic mass is 35.5. The van der Waals surface area contributed by atoms with Crippen LogP contribution in [0.15, 0.2) is 18.2 Å². The number of amides is 1. The third-order valence-corrected chi connectivity index (χ3v) is 3.19. The zero-order valence-electron chi connectivity index (χ0n) is 10.7. The summed E-state index contributed by atoms with van der Waals surface area (Å²) < 4.78 is 18.5. The Hall–Kier alpha value is -0.840. The lowest BCUT2D eigenvalue weighted by Crippen LogP contribution is -2.36. The molecular formula is C13H16Cl2FNO2. The van der Waals surface area contributed by atoms with E-state index in [2.05, 4.69) is 0 Å². The van der Waals surface area contributed by atoms with Gasteiger partial charge in [-0.1, -0.05) is 17.7 Å². The first-order valence-electron chi connectivity index (χ1n) is 5.85. The SMILES string of the molecule is COCCN(CCCl)C(=O)Cc1c(F)cccc1Cl. The Balaban J connectivity index is 2.75. The summed E-state index contributed by atoms with van der Waals surface area (Å²) in [5, 5.41) is 0.255. The molecular weight excluding hydrogens is 292 g/mol. The van der Waals surface area contributed by atoms with Gasteiger partial charge in [0.15, 0.2) is 0 Å². The van der Waals surface area contributed by atoms with Gasteiger partial charge in [0.05, 0.1) is 13.0 Å². The van der Waals surface area contributed by atoms with Crippen molar-refractivity contribution in [2.45, 2.75) is 6.42 Å². The molecule has 0 saturated heterocycles. The van der Waals surface area contributed by atoms with Crippen LogP contribution in [-0.4, -0.2) is 43.5 Å². The van der Waals surface area contributed by atoms with E-state index in [1.54, 1.807) is 18.1 Å². The molecule has 19 heavy (non-hydrogen) atoms. The second-order valence-electron chi connectivity index (χ2n) is 3.94. The molecule has 0 fully saturated rings. The maximum Gasteiger partial charge on any atom is 0.227 e. The fraction of sp³-hybridized carbons (Fsp3) is 0.462. The zero-order chi connectivity index (χ0) is 14.3. The molecule has 0 saturated carbocycles. The number of hydrogen-bond acceptors (Lipinski definition) is 2. The number of rotatable bonds is 7. The van der Waals surface area contributed by atoms with Gasteiger partial charge in [0.2, 0.25) is 5.91 Å². The fourth-order valence-electron chi connectivity index (χ4n) is 1.63. The topological polar surface area (TPSA) is 29.5 Å². The molecule has 1 amide bonds. The van der Waals surface area contributed by atoms with Gasteiger partial charge in [-0.3, -0.25) is 4.79 Å². The van der Waals surface area contributed by atoms with Crippen LogP contribution >= 0.6 is 23.2 Å². The van der Waals surface area contributed by atoms with Gasteiger partial charge >= 0.3 is 0 Å². The van der Waals surface area contributed by atoms with Crippen molar-refractivity contribution < 1.29 is 13.9 Å². The monoisotopic (exact) mass is 307 g/mol. The number of halogens is 3. The van der Waals surface area contributed by atoms with Gasteiger partial charge in [-0.05, 0) is 12.1 Å². The molecule has 106 valence electrons. The van der Waals surface area contributed by atoms with Crippen LogP contribution in [0.2, 0.25) is 5.02 Å². The van der Waals surface area contributed by atoms with Crippen LogP contribution in [0, 0.1) is 5.82 Å². The van der Waals surface area contributed by atoms with Crippen molar-refractivity contribution in [3.05, 3.63) is 34.6 Å². The van der Waals surface area contributed by atoms with Crippen LogP contribution in [0.4, 0.5) is 4.39 Å². The van der Waals surface area contributed by atoms with Gasteiger partial charge in [-0.2, -0.15) is 0 Å². The summed E-state index contributed by atoms with van der Waals surface area (Å²) in [5.74, 6) is -0.372. The molecule has 0 heterocycles. The van der Waals surface area contributed by atoms with Crippen LogP contribution in [0.3, 0.4) is 0 Å². The molecule has 0 N–H and O–H groups in total. The fourth-order valence-corrected chi connectivity index (χ4v) is 2.06. The van der Waals surface area contributed by atoms with E-state index in [4.69, 9.17) is 27.9 Å². The number of hydrogen-bond donors (Lipinski definition) is 0. The van der Waals surface area contributed by atoms with E-state index >= 15 is 0 Å². The van der Waals surface area contributed by atoms with Crippen molar-refractivity contribution in [3.63, 3.8) is 0 Å². The van der Waals surface area contributed by atoms with Crippen molar-refractivity contribution in [1.82, 2.24) is 4.90 Å². The predicted octanol–water partition coefficient (Wildman–Crippen LogP) is 2.74. The molecule has 0 spiro atoms. The van der Waals surface area contributed by atoms with Crippen LogP contribution in [0.25, 0.3) is 0 Å². The second kappa shape index (κ2) is 8.35. The highest BCUT2D eigenvalue weighted by Gasteiger charge is 2.17. The lowest BCUT2D eigenvalue weighted by molar-refractivity contribution is -0.130. The van der Waals surface area contributed by atoms with Crippen LogP contribution in [0.5, 0.6) is 0 Å². The minimum atomic E-state index is -0.474. The lowest BCUT2D eigenvalue weighted by atomic mass is 10.1. The maximum atomic E-state index is 13.6. The molecule has 0 aliphatic rings. The molecule has 0 atom stereocenters. The number of nitrogens with zero attached hydrogens (tertiary/aromatic N) is 1. The Kier molecular flexibility index (Phi) is 7.13. The van der Waals surface area contributed by atoms with Crippen molar-refractivity contribution in [1.29, 1.82) is 0 Å². The van der Waals surface area contributed by atoms with Gasteiger partial charge in [-0.15, -0.1) is 11.6 Å². The van der Waals surface area contributed by atoms with Gasteiger partial charge in [-0.25, -0.2) is 4.39 Å². The molecule has 0 bridgehead atoms. The number of benzene rings is 1. The van der Waals surface area contributed by atoms with Gasteiger partial charge in [0, 0.05) is 36.7 Å². The van der Waals surface area contributed by atoms with E-state index in [9.17, 15) is 9.18 Å². The van der Waals surface area contributed by atoms with E-state index in [0.717, 1.165) is 0 Å². The van der Waals surface area contributed by atoms with Gasteiger partial charge in [0.25, 0.3) is 0 Å². The summed E-state index contributed by atoms with van der Waals surface area (Å²) in [6.45, 7) is 1.23. The number of ether oxygens (including phenoxy) is 1. The van der Waals surface area contributed by atoms with Crippen molar-refractivity contribution in [3.8, 4) is 0 Å². The third kappa shape index (κ3) is 4.97. The summed E-state index contributed by atoms with van der Waals surface area (Å²) in [6, 6.07) is 4.36. The quantitative estimate of drug-likeness (QED) is 0.725. The first-order valence-corrected chi connectivity index (χ1v) is 6.77. The molecule has 0 radical (unpaired) electrons. The largest absolute Gasteiger partial charge is 0.383 e. The number of alkyl halides is 1. The summed E-state index contributed by atoms with van der Waals surface area (Å²) >= 11 is 11.5. The van der Waals surface area contributed by atoms with Crippen molar-refractivity contribution in [2.24, 2.45) is 0 Å². The van der Waals surface area contributed by atoms with E-state index in [1.165, 1.54) is 12.1 Å². The van der Waals surface area contributed by atoms with E-state index in [1.807, 2.05) is 0 Å². The lowest BCUT2D eigenvalue weighted by Gasteiger charge is -2.21. The second-order valence-corrected chi connectivity index (χ2v) is 4.72. The minimum absolute atomic E-state index is 0.0773. The average molecular weight is 308 g/mol. The molecule has 0 aliphatic heterocycles. The Morgan fingerprint density at radius 2 is 2.16 bits per heavy atom. The first kappa shape index (κ1) is 16.2. The Labute approximate surface area is 122 Å². The predicted molar refractivity (Wildman–Crippen MR) is 74.3 cm³/mol. The summed E-state index contributed by atoms with van der Waals surface area (Å²) in [5.41, 5.74) is 0.214. The van der Waals surface area contributed by atoms with Gasteiger partial charge in [0.1, 0.15) is 5.82 Å². The third-order valence-electron chi connectivity index (χ3n) is 2.66. The van der Waals surface area contributed by atoms with E-state index in [-0.39, 0.29) is 22.9 Å². The average Bonchev–Trinajstić information content (AvgIpc) is 2.38. The summed E-state index contributed by atoms with van der Waals surface area (Å²) in [6.07, 6.45) is -0.0773. The standard InChI is InChI=1S/C13H16Cl2FNO2/c1-19-8-7-17(6-5-14)13(18)9-10-11(15)3-2-4-12(10)16/h2-4H,5-9H2,1H3. The van der Waals surface area contributed by atoms with Crippen LogP contribution in [-0.2, 0) is 16.0 Å². The van der Waals surface area contributed by atoms with Gasteiger partial charge < -0.3 is 9.64 Å². The highest BCUT2D eigenvalue weighted by molar-refractivity contribution is 6.31. The van der Waals surface area contributed by atoms with Crippen LogP contribution < -0.4 is 0 Å². The highest BCUT2D eigenvalue weighted by Crippen LogP contribution is 2.20. The van der Waals surface area contributed by atoms with Crippen molar-refractivity contribution in [2.75, 3.05) is 32.7 Å². The molecule has 0 aliphatic carbocycles. The Morgan fingerprint density at radius 1 is 1.42 bits per heavy atom. The summed E-state index contributed by atoms with van der Waals surface area (Å²) in [7, 11) is 1.55. The zero-order valence-corrected chi connectivity index (χ0v) is 12.2. The molecule has 1 aromatic rings. The Bertz CT molecular complexity index is 409. The van der Waals surface area contributed by atoms with Crippen LogP contribution in [0.1, 0.15) is 5.56 Å². The minimum Gasteiger partial charge on any atom is -0.383 e. The Morgan fingerprint density at radius 3 is 2.74 bits per heavy atom. The van der Waals surface area contributed by atoms with Crippen molar-refractivity contribution >= 4 is 29.1 Å².